The lowest BCUT2D eigenvalue weighted by Gasteiger charge is -2.11. The molecule has 0 radical (unpaired) electrons. The molecule has 3 N–H and O–H groups in total. The minimum atomic E-state index is -0.0808. The highest BCUT2D eigenvalue weighted by atomic mass is 32.2. The molecule has 0 saturated carbocycles. The Bertz CT molecular complexity index is 542. The molecule has 18 heavy (non-hydrogen) atoms. The second kappa shape index (κ2) is 5.26. The summed E-state index contributed by atoms with van der Waals surface area (Å²) >= 11 is 1.44. The molecule has 0 fully saturated rings. The molecule has 0 bridgehead atoms. The summed E-state index contributed by atoms with van der Waals surface area (Å²) in [5.41, 5.74) is 5.71. The van der Waals surface area contributed by atoms with Gasteiger partial charge in [0.2, 0.25) is 5.89 Å². The first-order chi connectivity index (χ1) is 8.58. The fourth-order valence-corrected chi connectivity index (χ4v) is 1.85. The van der Waals surface area contributed by atoms with Crippen LogP contribution in [-0.2, 0) is 0 Å². The number of aromatic nitrogens is 3. The van der Waals surface area contributed by atoms with Crippen LogP contribution in [0.3, 0.4) is 0 Å². The molecule has 0 saturated heterocycles. The second-order valence-corrected chi connectivity index (χ2v) is 4.61. The van der Waals surface area contributed by atoms with Gasteiger partial charge in [-0.1, -0.05) is 11.8 Å². The van der Waals surface area contributed by atoms with Gasteiger partial charge in [-0.05, 0) is 20.1 Å². The van der Waals surface area contributed by atoms with Crippen LogP contribution in [0.25, 0.3) is 0 Å². The van der Waals surface area contributed by atoms with Crippen LogP contribution in [0.5, 0.6) is 0 Å². The van der Waals surface area contributed by atoms with Crippen molar-refractivity contribution in [2.45, 2.75) is 25.0 Å². The molecule has 1 unspecified atom stereocenters. The van der Waals surface area contributed by atoms with Crippen LogP contribution in [0, 0.1) is 6.92 Å². The molecule has 1 atom stereocenters. The van der Waals surface area contributed by atoms with Crippen molar-refractivity contribution in [3.05, 3.63) is 23.9 Å². The van der Waals surface area contributed by atoms with Crippen molar-refractivity contribution >= 4 is 23.4 Å². The quantitative estimate of drug-likeness (QED) is 0.647. The number of nitrogens with two attached hydrogens (primary N) is 1. The Morgan fingerprint density at radius 1 is 1.44 bits per heavy atom. The van der Waals surface area contributed by atoms with Gasteiger partial charge in [0.15, 0.2) is 5.16 Å². The molecule has 2 aromatic rings. The zero-order valence-corrected chi connectivity index (χ0v) is 11.3. The molecular weight excluding hydrogens is 250 g/mol. The van der Waals surface area contributed by atoms with Gasteiger partial charge < -0.3 is 15.5 Å². The van der Waals surface area contributed by atoms with Crippen molar-refractivity contribution in [2.24, 2.45) is 0 Å². The summed E-state index contributed by atoms with van der Waals surface area (Å²) in [4.78, 5) is 12.6. The minimum Gasteiger partial charge on any atom is -0.444 e. The SMILES string of the molecule is CSc1nc(N)cc(NC(C)c2ncc(C)o2)n1. The first-order valence-corrected chi connectivity index (χ1v) is 6.68. The van der Waals surface area contributed by atoms with Crippen LogP contribution in [0.1, 0.15) is 24.6 Å². The molecule has 0 amide bonds. The summed E-state index contributed by atoms with van der Waals surface area (Å²) in [6.45, 7) is 3.81. The van der Waals surface area contributed by atoms with Gasteiger partial charge in [0.1, 0.15) is 23.4 Å². The van der Waals surface area contributed by atoms with Crippen molar-refractivity contribution in [3.63, 3.8) is 0 Å². The van der Waals surface area contributed by atoms with Crippen molar-refractivity contribution < 1.29 is 4.42 Å². The number of anilines is 2. The molecule has 0 aromatic carbocycles. The van der Waals surface area contributed by atoms with Crippen LogP contribution < -0.4 is 11.1 Å². The number of hydrogen-bond acceptors (Lipinski definition) is 7. The summed E-state index contributed by atoms with van der Waals surface area (Å²) in [7, 11) is 0. The monoisotopic (exact) mass is 265 g/mol. The van der Waals surface area contributed by atoms with E-state index in [0.29, 0.717) is 22.7 Å². The number of nitrogen functional groups attached to an aromatic ring is 1. The minimum absolute atomic E-state index is 0.0808. The van der Waals surface area contributed by atoms with Crippen LogP contribution in [0.15, 0.2) is 21.8 Å². The van der Waals surface area contributed by atoms with E-state index in [2.05, 4.69) is 20.3 Å². The Kier molecular flexibility index (Phi) is 3.71. The second-order valence-electron chi connectivity index (χ2n) is 3.84. The summed E-state index contributed by atoms with van der Waals surface area (Å²) < 4.78 is 5.45. The number of nitrogens with zero attached hydrogens (tertiary/aromatic N) is 3. The maximum atomic E-state index is 5.71. The molecule has 2 rings (SSSR count). The predicted molar refractivity (Wildman–Crippen MR) is 71.5 cm³/mol. The third-order valence-electron chi connectivity index (χ3n) is 2.28. The highest BCUT2D eigenvalue weighted by molar-refractivity contribution is 7.98. The van der Waals surface area contributed by atoms with Gasteiger partial charge in [0.05, 0.1) is 6.20 Å². The lowest BCUT2D eigenvalue weighted by atomic mass is 10.3. The van der Waals surface area contributed by atoms with Gasteiger partial charge in [0, 0.05) is 6.07 Å². The molecule has 0 aliphatic heterocycles. The maximum absolute atomic E-state index is 5.71. The van der Waals surface area contributed by atoms with Crippen molar-refractivity contribution in [2.75, 3.05) is 17.3 Å². The molecule has 2 heterocycles. The van der Waals surface area contributed by atoms with Gasteiger partial charge in [0.25, 0.3) is 0 Å². The van der Waals surface area contributed by atoms with Gasteiger partial charge in [-0.15, -0.1) is 0 Å². The maximum Gasteiger partial charge on any atom is 0.216 e. The fraction of sp³-hybridized carbons (Fsp3) is 0.364. The Morgan fingerprint density at radius 3 is 2.83 bits per heavy atom. The highest BCUT2D eigenvalue weighted by Crippen LogP contribution is 2.20. The fourth-order valence-electron chi connectivity index (χ4n) is 1.46. The molecule has 7 heteroatoms. The van der Waals surface area contributed by atoms with E-state index in [1.807, 2.05) is 20.1 Å². The highest BCUT2D eigenvalue weighted by Gasteiger charge is 2.12. The van der Waals surface area contributed by atoms with Crippen molar-refractivity contribution in [1.29, 1.82) is 0 Å². The van der Waals surface area contributed by atoms with Crippen LogP contribution in [-0.4, -0.2) is 21.2 Å². The van der Waals surface area contributed by atoms with Gasteiger partial charge in [-0.3, -0.25) is 0 Å². The molecular formula is C11H15N5OS. The van der Waals surface area contributed by atoms with Gasteiger partial charge in [-0.25, -0.2) is 15.0 Å². The van der Waals surface area contributed by atoms with Crippen molar-refractivity contribution in [3.8, 4) is 0 Å². The first-order valence-electron chi connectivity index (χ1n) is 5.46. The third-order valence-corrected chi connectivity index (χ3v) is 2.83. The van der Waals surface area contributed by atoms with Crippen LogP contribution >= 0.6 is 11.8 Å². The Morgan fingerprint density at radius 2 is 2.22 bits per heavy atom. The average Bonchev–Trinajstić information content (AvgIpc) is 2.75. The predicted octanol–water partition coefficient (Wildman–Crippen LogP) is 2.25. The lowest BCUT2D eigenvalue weighted by Crippen LogP contribution is -2.09. The van der Waals surface area contributed by atoms with E-state index in [9.17, 15) is 0 Å². The summed E-state index contributed by atoms with van der Waals surface area (Å²) in [5, 5.41) is 3.82. The molecule has 6 nitrogen and oxygen atoms in total. The summed E-state index contributed by atoms with van der Waals surface area (Å²) in [6, 6.07) is 1.61. The lowest BCUT2D eigenvalue weighted by molar-refractivity contribution is 0.453. The van der Waals surface area contributed by atoms with E-state index in [1.54, 1.807) is 12.3 Å². The molecule has 0 aliphatic rings. The molecule has 0 spiro atoms. The number of nitrogens with one attached hydrogen (secondary N) is 1. The molecule has 96 valence electrons. The van der Waals surface area contributed by atoms with E-state index < -0.39 is 0 Å². The number of aryl methyl sites for hydroxylation is 1. The Balaban J connectivity index is 2.16. The average molecular weight is 265 g/mol. The first kappa shape index (κ1) is 12.7. The summed E-state index contributed by atoms with van der Waals surface area (Å²) in [6.07, 6.45) is 3.59. The number of rotatable bonds is 4. The third kappa shape index (κ3) is 2.92. The van der Waals surface area contributed by atoms with Gasteiger partial charge >= 0.3 is 0 Å². The van der Waals surface area contributed by atoms with Crippen molar-refractivity contribution in [1.82, 2.24) is 15.0 Å². The Labute approximate surface area is 109 Å². The standard InChI is InChI=1S/C11H15N5OS/c1-6-5-13-10(17-6)7(2)14-9-4-8(12)15-11(16-9)18-3/h4-5,7H,1-3H3,(H3,12,14,15,16). The zero-order chi connectivity index (χ0) is 13.1. The summed E-state index contributed by atoms with van der Waals surface area (Å²) in [5.74, 6) is 2.50. The van der Waals surface area contributed by atoms with Crippen LogP contribution in [0.4, 0.5) is 11.6 Å². The van der Waals surface area contributed by atoms with E-state index >= 15 is 0 Å². The Hall–Kier alpha value is -1.76. The smallest absolute Gasteiger partial charge is 0.216 e. The number of hydrogen-bond donors (Lipinski definition) is 2. The normalized spacial score (nSPS) is 12.4. The van der Waals surface area contributed by atoms with E-state index in [-0.39, 0.29) is 6.04 Å². The zero-order valence-electron chi connectivity index (χ0n) is 10.5. The molecule has 2 aromatic heterocycles. The largest absolute Gasteiger partial charge is 0.444 e. The van der Waals surface area contributed by atoms with E-state index in [0.717, 1.165) is 5.76 Å². The van der Waals surface area contributed by atoms with E-state index in [1.165, 1.54) is 11.8 Å². The number of thioether (sulfide) groups is 1. The molecule has 0 aliphatic carbocycles. The van der Waals surface area contributed by atoms with Crippen LogP contribution in [0.2, 0.25) is 0 Å². The van der Waals surface area contributed by atoms with Gasteiger partial charge in [-0.2, -0.15) is 0 Å². The topological polar surface area (TPSA) is 89.9 Å². The van der Waals surface area contributed by atoms with E-state index in [4.69, 9.17) is 10.2 Å². The number of oxazole rings is 1.